The van der Waals surface area contributed by atoms with Gasteiger partial charge in [-0.1, -0.05) is 53.5 Å². The van der Waals surface area contributed by atoms with Crippen LogP contribution in [0.2, 0.25) is 10.0 Å². The summed E-state index contributed by atoms with van der Waals surface area (Å²) in [6.45, 7) is 4.71. The number of amides is 2. The second kappa shape index (κ2) is 10.5. The molecule has 1 spiro atoms. The Bertz CT molecular complexity index is 1100. The van der Waals surface area contributed by atoms with Crippen molar-refractivity contribution >= 4 is 35.0 Å². The van der Waals surface area contributed by atoms with Crippen LogP contribution in [0.15, 0.2) is 42.5 Å². The highest BCUT2D eigenvalue weighted by Crippen LogP contribution is 2.38. The second-order valence-electron chi connectivity index (χ2n) is 9.89. The van der Waals surface area contributed by atoms with Gasteiger partial charge in [0.2, 0.25) is 11.8 Å². The fraction of sp³-hybridized carbons (Fsp3) is 0.481. The largest absolute Gasteiger partial charge is 0.346 e. The number of fused-ring (bicyclic) bond motifs is 2. The van der Waals surface area contributed by atoms with E-state index < -0.39 is 5.54 Å². The predicted molar refractivity (Wildman–Crippen MR) is 141 cm³/mol. The van der Waals surface area contributed by atoms with Crippen molar-refractivity contribution in [1.82, 2.24) is 20.4 Å². The number of carbonyl (C=O) groups is 2. The lowest BCUT2D eigenvalue weighted by Crippen LogP contribution is -2.57. The zero-order valence-electron chi connectivity index (χ0n) is 20.7. The molecular formula is C27H34Cl2N4O2. The molecule has 0 saturated carbocycles. The van der Waals surface area contributed by atoms with Gasteiger partial charge in [-0.15, -0.1) is 0 Å². The summed E-state index contributed by atoms with van der Waals surface area (Å²) in [5.74, 6) is 0.120. The zero-order valence-corrected chi connectivity index (χ0v) is 22.2. The van der Waals surface area contributed by atoms with Crippen LogP contribution in [-0.2, 0) is 27.1 Å². The normalized spacial score (nSPS) is 19.1. The SMILES string of the molecule is CN[C@](CCN1CCC2(CC1)NC(=O)Cc1ccccc12)(CN(C)C(C)=O)c1ccc(Cl)c(Cl)c1. The Morgan fingerprint density at radius 1 is 1.17 bits per heavy atom. The third-order valence-electron chi connectivity index (χ3n) is 7.82. The van der Waals surface area contributed by atoms with Crippen molar-refractivity contribution in [3.05, 3.63) is 69.2 Å². The number of rotatable bonds is 7. The van der Waals surface area contributed by atoms with Gasteiger partial charge in [0.1, 0.15) is 0 Å². The first-order chi connectivity index (χ1) is 16.7. The molecule has 2 heterocycles. The first-order valence-electron chi connectivity index (χ1n) is 12.2. The van der Waals surface area contributed by atoms with Gasteiger partial charge in [-0.25, -0.2) is 0 Å². The lowest BCUT2D eigenvalue weighted by atomic mass is 9.75. The molecule has 0 aromatic heterocycles. The molecule has 2 aromatic carbocycles. The van der Waals surface area contributed by atoms with Crippen LogP contribution in [0.1, 0.15) is 42.9 Å². The number of piperidine rings is 1. The van der Waals surface area contributed by atoms with Gasteiger partial charge in [-0.05, 0) is 55.1 Å². The average Bonchev–Trinajstić information content (AvgIpc) is 2.84. The second-order valence-corrected chi connectivity index (χ2v) is 10.7. The molecule has 0 bridgehead atoms. The molecule has 0 unspecified atom stereocenters. The number of hydrogen-bond donors (Lipinski definition) is 2. The fourth-order valence-electron chi connectivity index (χ4n) is 5.57. The quantitative estimate of drug-likeness (QED) is 0.584. The Labute approximate surface area is 217 Å². The summed E-state index contributed by atoms with van der Waals surface area (Å²) in [6, 6.07) is 14.0. The van der Waals surface area contributed by atoms with E-state index in [9.17, 15) is 9.59 Å². The van der Waals surface area contributed by atoms with Gasteiger partial charge in [0.25, 0.3) is 0 Å². The van der Waals surface area contributed by atoms with Gasteiger partial charge in [-0.3, -0.25) is 9.59 Å². The summed E-state index contributed by atoms with van der Waals surface area (Å²) >= 11 is 12.6. The van der Waals surface area contributed by atoms with Gasteiger partial charge in [0, 0.05) is 40.2 Å². The van der Waals surface area contributed by atoms with Crippen molar-refractivity contribution < 1.29 is 9.59 Å². The molecule has 2 aromatic rings. The van der Waals surface area contributed by atoms with Crippen LogP contribution < -0.4 is 10.6 Å². The summed E-state index contributed by atoms with van der Waals surface area (Å²) in [7, 11) is 3.75. The average molecular weight is 518 g/mol. The van der Waals surface area contributed by atoms with Crippen molar-refractivity contribution in [2.75, 3.05) is 40.3 Å². The van der Waals surface area contributed by atoms with Crippen LogP contribution in [0, 0.1) is 0 Å². The third kappa shape index (κ3) is 5.36. The Hall–Kier alpha value is -2.12. The molecule has 1 atom stereocenters. The lowest BCUT2D eigenvalue weighted by Gasteiger charge is -2.46. The summed E-state index contributed by atoms with van der Waals surface area (Å²) in [5, 5.41) is 7.83. The maximum Gasteiger partial charge on any atom is 0.225 e. The smallest absolute Gasteiger partial charge is 0.225 e. The molecule has 1 saturated heterocycles. The minimum absolute atomic E-state index is 0.0105. The van der Waals surface area contributed by atoms with Crippen LogP contribution in [0.4, 0.5) is 0 Å². The number of nitrogens with zero attached hydrogens (tertiary/aromatic N) is 2. The Kier molecular flexibility index (Phi) is 7.77. The zero-order chi connectivity index (χ0) is 25.2. The number of halogens is 2. The van der Waals surface area contributed by atoms with Gasteiger partial charge in [0.15, 0.2) is 0 Å². The molecule has 0 radical (unpaired) electrons. The summed E-state index contributed by atoms with van der Waals surface area (Å²) < 4.78 is 0. The van der Waals surface area contributed by atoms with Gasteiger partial charge in [0.05, 0.1) is 27.5 Å². The molecule has 2 N–H and O–H groups in total. The number of nitrogens with one attached hydrogen (secondary N) is 2. The Morgan fingerprint density at radius 3 is 2.54 bits per heavy atom. The van der Waals surface area contributed by atoms with Gasteiger partial charge >= 0.3 is 0 Å². The molecule has 35 heavy (non-hydrogen) atoms. The molecule has 1 fully saturated rings. The maximum absolute atomic E-state index is 12.5. The van der Waals surface area contributed by atoms with E-state index in [0.29, 0.717) is 23.0 Å². The minimum atomic E-state index is -0.477. The number of likely N-dealkylation sites (N-methyl/N-ethyl adjacent to an activating group) is 2. The fourth-order valence-corrected chi connectivity index (χ4v) is 5.87. The molecule has 2 aliphatic rings. The van der Waals surface area contributed by atoms with E-state index in [2.05, 4.69) is 33.7 Å². The number of benzene rings is 2. The predicted octanol–water partition coefficient (Wildman–Crippen LogP) is 3.94. The van der Waals surface area contributed by atoms with Crippen molar-refractivity contribution in [2.24, 2.45) is 0 Å². The Morgan fingerprint density at radius 2 is 1.89 bits per heavy atom. The van der Waals surface area contributed by atoms with E-state index in [1.165, 1.54) is 5.56 Å². The summed E-state index contributed by atoms with van der Waals surface area (Å²) in [4.78, 5) is 28.7. The summed E-state index contributed by atoms with van der Waals surface area (Å²) in [5.41, 5.74) is 2.66. The van der Waals surface area contributed by atoms with Crippen molar-refractivity contribution in [3.63, 3.8) is 0 Å². The van der Waals surface area contributed by atoms with E-state index in [-0.39, 0.29) is 17.4 Å². The van der Waals surface area contributed by atoms with E-state index in [0.717, 1.165) is 50.0 Å². The third-order valence-corrected chi connectivity index (χ3v) is 8.56. The van der Waals surface area contributed by atoms with Crippen LogP contribution in [0.5, 0.6) is 0 Å². The maximum atomic E-state index is 12.5. The molecular weight excluding hydrogens is 483 g/mol. The van der Waals surface area contributed by atoms with E-state index in [4.69, 9.17) is 23.2 Å². The van der Waals surface area contributed by atoms with E-state index in [1.807, 2.05) is 38.4 Å². The molecule has 0 aliphatic carbocycles. The van der Waals surface area contributed by atoms with Crippen molar-refractivity contribution in [1.29, 1.82) is 0 Å². The van der Waals surface area contributed by atoms with E-state index >= 15 is 0 Å². The van der Waals surface area contributed by atoms with Gasteiger partial charge in [-0.2, -0.15) is 0 Å². The topological polar surface area (TPSA) is 64.7 Å². The Balaban J connectivity index is 1.51. The van der Waals surface area contributed by atoms with Crippen molar-refractivity contribution in [3.8, 4) is 0 Å². The molecule has 188 valence electrons. The number of carbonyl (C=O) groups excluding carboxylic acids is 2. The molecule has 4 rings (SSSR count). The minimum Gasteiger partial charge on any atom is -0.346 e. The van der Waals surface area contributed by atoms with Crippen molar-refractivity contribution in [2.45, 2.75) is 43.7 Å². The monoisotopic (exact) mass is 516 g/mol. The van der Waals surface area contributed by atoms with Crippen LogP contribution in [0.25, 0.3) is 0 Å². The summed E-state index contributed by atoms with van der Waals surface area (Å²) in [6.07, 6.45) is 3.00. The lowest BCUT2D eigenvalue weighted by molar-refractivity contribution is -0.128. The van der Waals surface area contributed by atoms with Crippen LogP contribution in [-0.4, -0.2) is 61.9 Å². The standard InChI is InChI=1S/C27H34Cl2N4O2/c1-19(34)32(3)18-27(30-2,21-8-9-23(28)24(29)17-21)12-15-33-13-10-26(11-14-33)22-7-5-4-6-20(22)16-25(35)31-26/h4-9,17,30H,10-16,18H2,1-3H3,(H,31,35)/t27-/m1/s1. The molecule has 2 aliphatic heterocycles. The number of hydrogen-bond acceptors (Lipinski definition) is 4. The molecule has 8 heteroatoms. The van der Waals surface area contributed by atoms with Crippen LogP contribution >= 0.6 is 23.2 Å². The van der Waals surface area contributed by atoms with E-state index in [1.54, 1.807) is 11.8 Å². The van der Waals surface area contributed by atoms with Crippen LogP contribution in [0.3, 0.4) is 0 Å². The highest BCUT2D eigenvalue weighted by molar-refractivity contribution is 6.42. The molecule has 2 amide bonds. The van der Waals surface area contributed by atoms with Gasteiger partial charge < -0.3 is 20.4 Å². The number of likely N-dealkylation sites (tertiary alicyclic amines) is 1. The first kappa shape index (κ1) is 26.0. The highest BCUT2D eigenvalue weighted by atomic mass is 35.5. The molecule has 6 nitrogen and oxygen atoms in total. The highest BCUT2D eigenvalue weighted by Gasteiger charge is 2.42. The first-order valence-corrected chi connectivity index (χ1v) is 12.9.